The monoisotopic (exact) mass is 490 g/mol. The summed E-state index contributed by atoms with van der Waals surface area (Å²) in [6.45, 7) is -0.653. The highest BCUT2D eigenvalue weighted by atomic mass is 35.5. The first-order valence-corrected chi connectivity index (χ1v) is 11.2. The fraction of sp³-hybridized carbons (Fsp3) is 0.300. The van der Waals surface area contributed by atoms with Crippen LogP contribution in [0.25, 0.3) is 0 Å². The van der Waals surface area contributed by atoms with Crippen LogP contribution in [0.5, 0.6) is 0 Å². The second kappa shape index (κ2) is 9.47. The summed E-state index contributed by atoms with van der Waals surface area (Å²) in [6, 6.07) is 9.44. The van der Waals surface area contributed by atoms with Gasteiger partial charge in [0.25, 0.3) is 5.91 Å². The number of benzene rings is 2. The predicted molar refractivity (Wildman–Crippen MR) is 108 cm³/mol. The lowest BCUT2D eigenvalue weighted by Gasteiger charge is -2.28. The van der Waals surface area contributed by atoms with Gasteiger partial charge in [0.2, 0.25) is 10.0 Å². The number of halogens is 4. The molecule has 172 valence electrons. The van der Waals surface area contributed by atoms with Gasteiger partial charge in [0, 0.05) is 13.1 Å². The van der Waals surface area contributed by atoms with Crippen LogP contribution in [0, 0.1) is 0 Å². The third-order valence-corrected chi connectivity index (χ3v) is 6.68. The van der Waals surface area contributed by atoms with Crippen molar-refractivity contribution in [2.45, 2.75) is 24.0 Å². The number of rotatable bonds is 6. The van der Waals surface area contributed by atoms with Gasteiger partial charge in [0.1, 0.15) is 11.4 Å². The normalized spacial score (nSPS) is 14.1. The molecular weight excluding hydrogens is 473 g/mol. The molecule has 0 fully saturated rings. The van der Waals surface area contributed by atoms with Crippen LogP contribution in [0.2, 0.25) is 5.02 Å². The van der Waals surface area contributed by atoms with E-state index in [0.29, 0.717) is 31.6 Å². The van der Waals surface area contributed by atoms with Crippen molar-refractivity contribution in [3.63, 3.8) is 0 Å². The average Bonchev–Trinajstić information content (AvgIpc) is 2.75. The van der Waals surface area contributed by atoms with E-state index in [1.54, 1.807) is 0 Å². The van der Waals surface area contributed by atoms with E-state index in [0.717, 1.165) is 17.2 Å². The highest BCUT2D eigenvalue weighted by molar-refractivity contribution is 7.89. The number of amides is 1. The average molecular weight is 491 g/mol. The summed E-state index contributed by atoms with van der Waals surface area (Å²) < 4.78 is 69.8. The number of fused-ring (bicyclic) bond motifs is 1. The standard InChI is InChI=1S/C20H18ClF3N2O5S/c21-16-6-5-15(20(22,23)24)9-17(16)32(29,30)25-10-19(28)31-12-18(27)26-8-7-13-3-1-2-4-14(13)11-26/h1-6,9,25H,7-8,10-12H2. The first-order chi connectivity index (χ1) is 15.0. The first-order valence-electron chi connectivity index (χ1n) is 9.34. The molecule has 32 heavy (non-hydrogen) atoms. The Morgan fingerprint density at radius 3 is 2.50 bits per heavy atom. The molecule has 2 aromatic carbocycles. The second-order valence-corrected chi connectivity index (χ2v) is 9.10. The van der Waals surface area contributed by atoms with Crippen molar-refractivity contribution in [2.24, 2.45) is 0 Å². The summed E-state index contributed by atoms with van der Waals surface area (Å²) in [5.41, 5.74) is 0.916. The Bertz CT molecular complexity index is 1140. The maximum absolute atomic E-state index is 12.8. The van der Waals surface area contributed by atoms with Gasteiger partial charge in [-0.3, -0.25) is 9.59 Å². The number of hydrogen-bond donors (Lipinski definition) is 1. The quantitative estimate of drug-likeness (QED) is 0.629. The Morgan fingerprint density at radius 1 is 1.12 bits per heavy atom. The third kappa shape index (κ3) is 5.78. The Labute approximate surface area is 187 Å². The Hall–Kier alpha value is -2.63. The van der Waals surface area contributed by atoms with Crippen LogP contribution in [0.4, 0.5) is 13.2 Å². The van der Waals surface area contributed by atoms with Crippen LogP contribution in [0.15, 0.2) is 47.4 Å². The summed E-state index contributed by atoms with van der Waals surface area (Å²) in [4.78, 5) is 24.9. The number of hydrogen-bond acceptors (Lipinski definition) is 5. The summed E-state index contributed by atoms with van der Waals surface area (Å²) >= 11 is 5.72. The van der Waals surface area contributed by atoms with E-state index in [2.05, 4.69) is 0 Å². The summed E-state index contributed by atoms with van der Waals surface area (Å²) in [5, 5.41) is -0.445. The number of sulfonamides is 1. The van der Waals surface area contributed by atoms with Gasteiger partial charge in [-0.05, 0) is 35.7 Å². The second-order valence-electron chi connectivity index (χ2n) is 6.96. The molecule has 0 unspecified atom stereocenters. The van der Waals surface area contributed by atoms with E-state index in [-0.39, 0.29) is 0 Å². The van der Waals surface area contributed by atoms with Gasteiger partial charge in [0.05, 0.1) is 10.6 Å². The number of ether oxygens (including phenoxy) is 1. The Morgan fingerprint density at radius 2 is 1.81 bits per heavy atom. The van der Waals surface area contributed by atoms with Gasteiger partial charge in [-0.2, -0.15) is 17.9 Å². The molecule has 1 amide bonds. The predicted octanol–water partition coefficient (Wildman–Crippen LogP) is 2.77. The highest BCUT2D eigenvalue weighted by Crippen LogP contribution is 2.33. The van der Waals surface area contributed by atoms with Crippen LogP contribution in [-0.4, -0.2) is 44.9 Å². The van der Waals surface area contributed by atoms with Gasteiger partial charge in [0.15, 0.2) is 6.61 Å². The van der Waals surface area contributed by atoms with Crippen molar-refractivity contribution in [1.82, 2.24) is 9.62 Å². The van der Waals surface area contributed by atoms with Gasteiger partial charge in [-0.1, -0.05) is 35.9 Å². The van der Waals surface area contributed by atoms with Crippen molar-refractivity contribution in [3.05, 3.63) is 64.2 Å². The lowest BCUT2D eigenvalue weighted by Crippen LogP contribution is -2.39. The van der Waals surface area contributed by atoms with Crippen molar-refractivity contribution in [2.75, 3.05) is 19.7 Å². The van der Waals surface area contributed by atoms with E-state index >= 15 is 0 Å². The minimum absolute atomic E-state index is 0.368. The molecule has 12 heteroatoms. The highest BCUT2D eigenvalue weighted by Gasteiger charge is 2.33. The van der Waals surface area contributed by atoms with E-state index in [4.69, 9.17) is 16.3 Å². The molecule has 1 aliphatic rings. The molecule has 7 nitrogen and oxygen atoms in total. The van der Waals surface area contributed by atoms with Crippen LogP contribution >= 0.6 is 11.6 Å². The fourth-order valence-corrected chi connectivity index (χ4v) is 4.60. The van der Waals surface area contributed by atoms with Crippen molar-refractivity contribution in [1.29, 1.82) is 0 Å². The van der Waals surface area contributed by atoms with E-state index in [1.165, 1.54) is 4.90 Å². The minimum atomic E-state index is -4.77. The molecule has 0 saturated carbocycles. The lowest BCUT2D eigenvalue weighted by atomic mass is 10.00. The summed E-state index contributed by atoms with van der Waals surface area (Å²) in [5.74, 6) is -1.51. The number of nitrogens with zero attached hydrogens (tertiary/aromatic N) is 1. The number of carbonyl (C=O) groups is 2. The van der Waals surface area contributed by atoms with E-state index in [1.807, 2.05) is 29.0 Å². The zero-order chi connectivity index (χ0) is 23.5. The molecule has 0 aromatic heterocycles. The fourth-order valence-electron chi connectivity index (χ4n) is 3.11. The number of carbonyl (C=O) groups excluding carboxylic acids is 2. The lowest BCUT2D eigenvalue weighted by molar-refractivity contribution is -0.151. The van der Waals surface area contributed by atoms with E-state index < -0.39 is 56.7 Å². The van der Waals surface area contributed by atoms with Crippen molar-refractivity contribution < 1.29 is 35.9 Å². The maximum Gasteiger partial charge on any atom is 0.416 e. The Balaban J connectivity index is 1.54. The molecule has 0 saturated heterocycles. The van der Waals surface area contributed by atoms with Crippen LogP contribution in [-0.2, 0) is 43.5 Å². The van der Waals surface area contributed by atoms with Gasteiger partial charge < -0.3 is 9.64 Å². The third-order valence-electron chi connectivity index (χ3n) is 4.79. The van der Waals surface area contributed by atoms with Crippen LogP contribution in [0.3, 0.4) is 0 Å². The molecule has 0 bridgehead atoms. The van der Waals surface area contributed by atoms with Crippen molar-refractivity contribution >= 4 is 33.5 Å². The molecule has 0 radical (unpaired) electrons. The zero-order valence-corrected chi connectivity index (χ0v) is 18.1. The maximum atomic E-state index is 12.8. The molecule has 0 spiro atoms. The molecule has 1 N–H and O–H groups in total. The molecule has 1 aliphatic heterocycles. The van der Waals surface area contributed by atoms with Gasteiger partial charge in [-0.25, -0.2) is 8.42 Å². The van der Waals surface area contributed by atoms with Gasteiger partial charge >= 0.3 is 12.1 Å². The Kier molecular flexibility index (Phi) is 7.11. The van der Waals surface area contributed by atoms with Crippen molar-refractivity contribution in [3.8, 4) is 0 Å². The van der Waals surface area contributed by atoms with Crippen LogP contribution < -0.4 is 4.72 Å². The molecule has 1 heterocycles. The smallest absolute Gasteiger partial charge is 0.416 e. The number of esters is 1. The number of nitrogens with one attached hydrogen (secondary N) is 1. The van der Waals surface area contributed by atoms with Gasteiger partial charge in [-0.15, -0.1) is 0 Å². The molecule has 2 aromatic rings. The van der Waals surface area contributed by atoms with E-state index in [9.17, 15) is 31.2 Å². The largest absolute Gasteiger partial charge is 0.455 e. The SMILES string of the molecule is O=C(CNS(=O)(=O)c1cc(C(F)(F)F)ccc1Cl)OCC(=O)N1CCc2ccccc2C1. The minimum Gasteiger partial charge on any atom is -0.455 e. The first kappa shape index (κ1) is 24.0. The molecule has 0 aliphatic carbocycles. The summed E-state index contributed by atoms with van der Waals surface area (Å²) in [6.07, 6.45) is -4.11. The topological polar surface area (TPSA) is 92.8 Å². The molecular formula is C20H18ClF3N2O5S. The molecule has 0 atom stereocenters. The number of alkyl halides is 3. The van der Waals surface area contributed by atoms with Crippen LogP contribution in [0.1, 0.15) is 16.7 Å². The zero-order valence-electron chi connectivity index (χ0n) is 16.5. The summed E-state index contributed by atoms with van der Waals surface area (Å²) in [7, 11) is -4.54. The molecule has 3 rings (SSSR count).